The van der Waals surface area contributed by atoms with E-state index in [0.717, 1.165) is 4.47 Å². The summed E-state index contributed by atoms with van der Waals surface area (Å²) in [5, 5.41) is 2.49. The van der Waals surface area contributed by atoms with Gasteiger partial charge in [-0.2, -0.15) is 0 Å². The minimum atomic E-state index is -0.200. The maximum absolute atomic E-state index is 11.1. The van der Waals surface area contributed by atoms with Gasteiger partial charge in [0.25, 0.3) is 5.91 Å². The monoisotopic (exact) mass is 292 g/mol. The normalized spacial score (nSPS) is 9.58. The van der Waals surface area contributed by atoms with Crippen molar-refractivity contribution >= 4 is 37.8 Å². The first-order chi connectivity index (χ1) is 5.65. The van der Waals surface area contributed by atoms with Gasteiger partial charge in [0.15, 0.2) is 0 Å². The molecule has 0 atom stereocenters. The van der Waals surface area contributed by atoms with Gasteiger partial charge in [-0.05, 0) is 37.9 Å². The zero-order chi connectivity index (χ0) is 9.14. The molecule has 1 N–H and O–H groups in total. The Morgan fingerprint density at radius 1 is 1.58 bits per heavy atom. The van der Waals surface area contributed by atoms with Crippen molar-refractivity contribution in [3.8, 4) is 0 Å². The third-order valence-electron chi connectivity index (χ3n) is 1.25. The van der Waals surface area contributed by atoms with Gasteiger partial charge in [-0.3, -0.25) is 4.79 Å². The van der Waals surface area contributed by atoms with Crippen LogP contribution in [0.4, 0.5) is 0 Å². The lowest BCUT2D eigenvalue weighted by Crippen LogP contribution is -2.19. The van der Waals surface area contributed by atoms with Crippen LogP contribution < -0.4 is 5.32 Å². The molecule has 0 aromatic carbocycles. The molecule has 0 radical (unpaired) electrons. The Kier molecular flexibility index (Phi) is 3.22. The van der Waals surface area contributed by atoms with Crippen LogP contribution in [0.25, 0.3) is 0 Å². The lowest BCUT2D eigenvalue weighted by molar-refractivity contribution is 0.0957. The van der Waals surface area contributed by atoms with Crippen LogP contribution >= 0.6 is 31.9 Å². The number of halogens is 2. The Balaban J connectivity index is 3.09. The summed E-state index contributed by atoms with van der Waals surface area (Å²) in [6.45, 7) is 0. The molecule has 0 aliphatic carbocycles. The highest BCUT2D eigenvalue weighted by Crippen LogP contribution is 2.19. The van der Waals surface area contributed by atoms with E-state index < -0.39 is 0 Å². The van der Waals surface area contributed by atoms with Crippen LogP contribution in [0.1, 0.15) is 10.5 Å². The van der Waals surface area contributed by atoms with E-state index >= 15 is 0 Å². The summed E-state index contributed by atoms with van der Waals surface area (Å²) in [6.07, 6.45) is 1.58. The molecule has 1 heterocycles. The highest BCUT2D eigenvalue weighted by atomic mass is 79.9. The minimum Gasteiger partial charge on any atom is -0.354 e. The topological polar surface area (TPSA) is 42.0 Å². The molecule has 0 spiro atoms. The molecule has 3 nitrogen and oxygen atoms in total. The van der Waals surface area contributed by atoms with E-state index in [2.05, 4.69) is 42.2 Å². The van der Waals surface area contributed by atoms with E-state index in [0.29, 0.717) is 10.2 Å². The van der Waals surface area contributed by atoms with Crippen molar-refractivity contribution in [2.75, 3.05) is 7.05 Å². The molecule has 1 rings (SSSR count). The Labute approximate surface area is 86.8 Å². The Hall–Kier alpha value is -0.420. The third-order valence-corrected chi connectivity index (χ3v) is 2.29. The van der Waals surface area contributed by atoms with Crippen LogP contribution in [0.5, 0.6) is 0 Å². The number of hydrogen-bond acceptors (Lipinski definition) is 2. The van der Waals surface area contributed by atoms with Gasteiger partial charge in [0.05, 0.1) is 4.47 Å². The second kappa shape index (κ2) is 4.00. The van der Waals surface area contributed by atoms with E-state index in [1.165, 1.54) is 0 Å². The van der Waals surface area contributed by atoms with Crippen LogP contribution in [-0.4, -0.2) is 17.9 Å². The van der Waals surface area contributed by atoms with E-state index in [4.69, 9.17) is 0 Å². The van der Waals surface area contributed by atoms with Crippen LogP contribution in [0.15, 0.2) is 21.2 Å². The molecule has 0 bridgehead atoms. The summed E-state index contributed by atoms with van der Waals surface area (Å²) in [7, 11) is 1.57. The van der Waals surface area contributed by atoms with Crippen molar-refractivity contribution in [2.45, 2.75) is 0 Å². The molecule has 1 aromatic heterocycles. The van der Waals surface area contributed by atoms with E-state index in [9.17, 15) is 4.79 Å². The van der Waals surface area contributed by atoms with Gasteiger partial charge in [-0.15, -0.1) is 0 Å². The first-order valence-corrected chi connectivity index (χ1v) is 4.77. The maximum Gasteiger partial charge on any atom is 0.270 e. The molecular weight excluding hydrogens is 288 g/mol. The van der Waals surface area contributed by atoms with Crippen LogP contribution in [0.3, 0.4) is 0 Å². The minimum absolute atomic E-state index is 0.200. The molecule has 0 saturated heterocycles. The van der Waals surface area contributed by atoms with Crippen LogP contribution in [-0.2, 0) is 0 Å². The number of nitrogens with zero attached hydrogens (tertiary/aromatic N) is 1. The van der Waals surface area contributed by atoms with Crippen LogP contribution in [0, 0.1) is 0 Å². The molecule has 0 saturated carbocycles. The van der Waals surface area contributed by atoms with Gasteiger partial charge in [0.1, 0.15) is 5.69 Å². The second-order valence-corrected chi connectivity index (χ2v) is 3.83. The number of carbonyl (C=O) groups is 1. The summed E-state index contributed by atoms with van der Waals surface area (Å²) >= 11 is 6.48. The fraction of sp³-hybridized carbons (Fsp3) is 0.143. The molecule has 0 unspecified atom stereocenters. The number of hydrogen-bond donors (Lipinski definition) is 1. The van der Waals surface area contributed by atoms with Gasteiger partial charge in [-0.25, -0.2) is 4.98 Å². The third kappa shape index (κ3) is 2.04. The average Bonchev–Trinajstić information content (AvgIpc) is 2.03. The first kappa shape index (κ1) is 9.67. The number of amides is 1. The number of carbonyl (C=O) groups excluding carboxylic acids is 1. The highest BCUT2D eigenvalue weighted by Gasteiger charge is 2.09. The SMILES string of the molecule is CNC(=O)c1ncc(Br)cc1Br. The van der Waals surface area contributed by atoms with Gasteiger partial charge < -0.3 is 5.32 Å². The second-order valence-electron chi connectivity index (χ2n) is 2.06. The zero-order valence-corrected chi connectivity index (χ0v) is 9.44. The van der Waals surface area contributed by atoms with Gasteiger partial charge in [-0.1, -0.05) is 0 Å². The van der Waals surface area contributed by atoms with Crippen molar-refractivity contribution in [2.24, 2.45) is 0 Å². The molecular formula is C7H6Br2N2O. The van der Waals surface area contributed by atoms with Gasteiger partial charge in [0.2, 0.25) is 0 Å². The van der Waals surface area contributed by atoms with Crippen molar-refractivity contribution in [3.63, 3.8) is 0 Å². The van der Waals surface area contributed by atoms with E-state index in [-0.39, 0.29) is 5.91 Å². The molecule has 0 fully saturated rings. The van der Waals surface area contributed by atoms with E-state index in [1.54, 1.807) is 19.3 Å². The number of aromatic nitrogens is 1. The standard InChI is InChI=1S/C7H6Br2N2O/c1-10-7(12)6-5(9)2-4(8)3-11-6/h2-3H,1H3,(H,10,12). The Morgan fingerprint density at radius 2 is 2.25 bits per heavy atom. The van der Waals surface area contributed by atoms with Gasteiger partial charge >= 0.3 is 0 Å². The largest absolute Gasteiger partial charge is 0.354 e. The summed E-state index contributed by atoms with van der Waals surface area (Å²) in [6, 6.07) is 1.78. The number of pyridine rings is 1. The molecule has 0 aliphatic rings. The molecule has 0 aliphatic heterocycles. The zero-order valence-electron chi connectivity index (χ0n) is 6.27. The fourth-order valence-electron chi connectivity index (χ4n) is 0.700. The highest BCUT2D eigenvalue weighted by molar-refractivity contribution is 9.11. The summed E-state index contributed by atoms with van der Waals surface area (Å²) in [5.41, 5.74) is 0.390. The van der Waals surface area contributed by atoms with E-state index in [1.807, 2.05) is 0 Å². The quantitative estimate of drug-likeness (QED) is 0.860. The molecule has 12 heavy (non-hydrogen) atoms. The average molecular weight is 294 g/mol. The Morgan fingerprint density at radius 3 is 2.75 bits per heavy atom. The Bertz CT molecular complexity index is 314. The van der Waals surface area contributed by atoms with Crippen molar-refractivity contribution < 1.29 is 4.79 Å². The fourth-order valence-corrected chi connectivity index (χ4v) is 1.87. The first-order valence-electron chi connectivity index (χ1n) is 3.18. The predicted molar refractivity (Wildman–Crippen MR) is 53.0 cm³/mol. The van der Waals surface area contributed by atoms with Gasteiger partial charge in [0, 0.05) is 17.7 Å². The van der Waals surface area contributed by atoms with Crippen LogP contribution in [0.2, 0.25) is 0 Å². The molecule has 1 amide bonds. The molecule has 1 aromatic rings. The lowest BCUT2D eigenvalue weighted by atomic mass is 10.3. The summed E-state index contributed by atoms with van der Waals surface area (Å²) < 4.78 is 1.51. The summed E-state index contributed by atoms with van der Waals surface area (Å²) in [5.74, 6) is -0.200. The number of rotatable bonds is 1. The maximum atomic E-state index is 11.1. The van der Waals surface area contributed by atoms with Crippen molar-refractivity contribution in [1.29, 1.82) is 0 Å². The van der Waals surface area contributed by atoms with Crippen molar-refractivity contribution in [1.82, 2.24) is 10.3 Å². The summed E-state index contributed by atoms with van der Waals surface area (Å²) in [4.78, 5) is 15.1. The smallest absolute Gasteiger partial charge is 0.270 e. The molecule has 5 heteroatoms. The molecule has 64 valence electrons. The lowest BCUT2D eigenvalue weighted by Gasteiger charge is -2.01. The predicted octanol–water partition coefficient (Wildman–Crippen LogP) is 1.97. The number of nitrogens with one attached hydrogen (secondary N) is 1. The van der Waals surface area contributed by atoms with Crippen molar-refractivity contribution in [3.05, 3.63) is 26.9 Å².